The van der Waals surface area contributed by atoms with Crippen molar-refractivity contribution in [2.24, 2.45) is 0 Å². The summed E-state index contributed by atoms with van der Waals surface area (Å²) < 4.78 is 0. The highest BCUT2D eigenvalue weighted by Gasteiger charge is 2.16. The molecule has 38 heavy (non-hydrogen) atoms. The van der Waals surface area contributed by atoms with Crippen molar-refractivity contribution in [3.63, 3.8) is 0 Å². The molecule has 190 valence electrons. The molecule has 9 nitrogen and oxygen atoms in total. The third kappa shape index (κ3) is 5.26. The summed E-state index contributed by atoms with van der Waals surface area (Å²) in [5.74, 6) is 0.630. The molecule has 0 spiro atoms. The van der Waals surface area contributed by atoms with E-state index in [2.05, 4.69) is 25.3 Å². The molecule has 0 saturated carbocycles. The van der Waals surface area contributed by atoms with Gasteiger partial charge in [-0.3, -0.25) is 0 Å². The third-order valence-electron chi connectivity index (χ3n) is 5.58. The fourth-order valence-electron chi connectivity index (χ4n) is 3.69. The van der Waals surface area contributed by atoms with Gasteiger partial charge in [0.2, 0.25) is 0 Å². The van der Waals surface area contributed by atoms with Gasteiger partial charge in [-0.15, -0.1) is 0 Å². The van der Waals surface area contributed by atoms with Crippen LogP contribution < -0.4 is 16.8 Å². The summed E-state index contributed by atoms with van der Waals surface area (Å²) in [5.41, 5.74) is 16.6. The van der Waals surface area contributed by atoms with Gasteiger partial charge >= 0.3 is 0 Å². The topological polar surface area (TPSA) is 144 Å². The molecule has 0 atom stereocenters. The van der Waals surface area contributed by atoms with E-state index in [0.29, 0.717) is 61.2 Å². The van der Waals surface area contributed by atoms with Crippen LogP contribution in [0, 0.1) is 0 Å². The molecule has 6 aromatic rings. The standard InChI is InChI=1S/C20H13Cl2N7.C6H7ClN2/c21-12-5-2-1-4-11(12)16-15(28-14-7-3-6-13(22)17(14)29-16)8-23-19-18-20(25-9-24-18)27-10-26-19;7-4-2-1-3-5(8)6(4)9/h1-7,9-10H,8H2,(H2,23,24,25,26,27);1-3H,8-9H2. The van der Waals surface area contributed by atoms with Gasteiger partial charge in [0.05, 0.1) is 56.2 Å². The minimum atomic E-state index is 0.376. The zero-order valence-corrected chi connectivity index (χ0v) is 21.9. The first-order chi connectivity index (χ1) is 18.4. The van der Waals surface area contributed by atoms with Gasteiger partial charge in [0, 0.05) is 5.56 Å². The average Bonchev–Trinajstić information content (AvgIpc) is 3.41. The Morgan fingerprint density at radius 2 is 1.55 bits per heavy atom. The van der Waals surface area contributed by atoms with Crippen molar-refractivity contribution in [3.8, 4) is 11.3 Å². The van der Waals surface area contributed by atoms with E-state index in [1.54, 1.807) is 30.6 Å². The smallest absolute Gasteiger partial charge is 0.182 e. The molecule has 3 heterocycles. The number of nitrogen functional groups attached to an aromatic ring is 2. The molecule has 0 aliphatic carbocycles. The Morgan fingerprint density at radius 1 is 0.789 bits per heavy atom. The molecular weight excluding hydrogens is 545 g/mol. The van der Waals surface area contributed by atoms with Gasteiger partial charge < -0.3 is 21.8 Å². The molecule has 0 unspecified atom stereocenters. The second-order valence-electron chi connectivity index (χ2n) is 8.03. The number of nitrogens with one attached hydrogen (secondary N) is 2. The Morgan fingerprint density at radius 3 is 2.34 bits per heavy atom. The summed E-state index contributed by atoms with van der Waals surface area (Å²) in [5, 5.41) is 4.94. The second-order valence-corrected chi connectivity index (χ2v) is 9.25. The SMILES string of the molecule is Clc1ccccc1-c1nc2c(Cl)cccc2nc1CNc1ncnc2nc[nH]c12.Nc1cccc(Cl)c1N. The summed E-state index contributed by atoms with van der Waals surface area (Å²) in [6.45, 7) is 0.376. The van der Waals surface area contributed by atoms with E-state index in [1.165, 1.54) is 6.33 Å². The Labute approximate surface area is 232 Å². The lowest BCUT2D eigenvalue weighted by atomic mass is 10.1. The molecule has 0 fully saturated rings. The Hall–Kier alpha value is -4.18. The van der Waals surface area contributed by atoms with E-state index in [9.17, 15) is 0 Å². The van der Waals surface area contributed by atoms with Crippen molar-refractivity contribution in [2.75, 3.05) is 16.8 Å². The molecule has 3 aromatic heterocycles. The fourth-order valence-corrected chi connectivity index (χ4v) is 4.31. The van der Waals surface area contributed by atoms with Gasteiger partial charge in [-0.05, 0) is 30.3 Å². The van der Waals surface area contributed by atoms with Crippen LogP contribution in [0.4, 0.5) is 17.2 Å². The molecule has 6 N–H and O–H groups in total. The molecule has 12 heteroatoms. The van der Waals surface area contributed by atoms with Gasteiger partial charge in [0.1, 0.15) is 17.4 Å². The number of nitrogens with two attached hydrogens (primary N) is 2. The van der Waals surface area contributed by atoms with Gasteiger partial charge in [0.25, 0.3) is 0 Å². The summed E-state index contributed by atoms with van der Waals surface area (Å²) in [6, 6.07) is 18.2. The van der Waals surface area contributed by atoms with E-state index in [4.69, 9.17) is 56.2 Å². The Kier molecular flexibility index (Phi) is 7.41. The fraction of sp³-hybridized carbons (Fsp3) is 0.0385. The summed E-state index contributed by atoms with van der Waals surface area (Å²) in [7, 11) is 0. The van der Waals surface area contributed by atoms with Crippen molar-refractivity contribution < 1.29 is 0 Å². The van der Waals surface area contributed by atoms with Crippen LogP contribution in [-0.4, -0.2) is 29.9 Å². The number of anilines is 3. The number of fused-ring (bicyclic) bond motifs is 2. The largest absolute Gasteiger partial charge is 0.397 e. The summed E-state index contributed by atoms with van der Waals surface area (Å²) in [6.07, 6.45) is 3.05. The zero-order valence-electron chi connectivity index (χ0n) is 19.7. The second kappa shape index (κ2) is 11.1. The molecule has 6 rings (SSSR count). The van der Waals surface area contributed by atoms with Gasteiger partial charge in [-0.2, -0.15) is 0 Å². The minimum absolute atomic E-state index is 0.376. The van der Waals surface area contributed by atoms with Crippen LogP contribution in [0.1, 0.15) is 5.69 Å². The summed E-state index contributed by atoms with van der Waals surface area (Å²) in [4.78, 5) is 25.2. The molecule has 0 aliphatic rings. The number of aromatic nitrogens is 6. The maximum Gasteiger partial charge on any atom is 0.182 e. The van der Waals surface area contributed by atoms with Crippen LogP contribution in [0.3, 0.4) is 0 Å². The molecule has 0 saturated heterocycles. The van der Waals surface area contributed by atoms with Crippen LogP contribution in [0.2, 0.25) is 15.1 Å². The highest BCUT2D eigenvalue weighted by molar-refractivity contribution is 6.35. The molecule has 3 aromatic carbocycles. The molecule has 0 amide bonds. The minimum Gasteiger partial charge on any atom is -0.397 e. The van der Waals surface area contributed by atoms with E-state index in [-0.39, 0.29) is 0 Å². The van der Waals surface area contributed by atoms with E-state index >= 15 is 0 Å². The first-order valence-corrected chi connectivity index (χ1v) is 12.4. The lowest BCUT2D eigenvalue weighted by molar-refractivity contribution is 1.03. The van der Waals surface area contributed by atoms with E-state index in [1.807, 2.05) is 36.4 Å². The predicted octanol–water partition coefficient (Wildman–Crippen LogP) is 6.39. The molecule has 0 bridgehead atoms. The van der Waals surface area contributed by atoms with Crippen molar-refractivity contribution >= 4 is 74.2 Å². The first kappa shape index (κ1) is 25.5. The van der Waals surface area contributed by atoms with Crippen molar-refractivity contribution in [2.45, 2.75) is 6.54 Å². The molecule has 0 radical (unpaired) electrons. The zero-order chi connectivity index (χ0) is 26.6. The molecular formula is C26H20Cl3N9. The van der Waals surface area contributed by atoms with Crippen LogP contribution in [-0.2, 0) is 6.54 Å². The normalized spacial score (nSPS) is 10.8. The summed E-state index contributed by atoms with van der Waals surface area (Å²) >= 11 is 18.4. The van der Waals surface area contributed by atoms with Crippen LogP contribution >= 0.6 is 34.8 Å². The number of halogens is 3. The van der Waals surface area contributed by atoms with Gasteiger partial charge in [-0.1, -0.05) is 65.1 Å². The number of imidazole rings is 1. The highest BCUT2D eigenvalue weighted by atomic mass is 35.5. The number of nitrogens with zero attached hydrogens (tertiary/aromatic N) is 5. The number of H-pyrrole nitrogens is 1. The number of aromatic amines is 1. The number of rotatable bonds is 4. The Balaban J connectivity index is 0.000000278. The highest BCUT2D eigenvalue weighted by Crippen LogP contribution is 2.32. The first-order valence-electron chi connectivity index (χ1n) is 11.3. The Bertz CT molecular complexity index is 1730. The average molecular weight is 565 g/mol. The van der Waals surface area contributed by atoms with Gasteiger partial charge in [-0.25, -0.2) is 24.9 Å². The van der Waals surface area contributed by atoms with Crippen molar-refractivity contribution in [1.82, 2.24) is 29.9 Å². The number of para-hydroxylation sites is 2. The maximum atomic E-state index is 6.45. The quantitative estimate of drug-likeness (QED) is 0.180. The third-order valence-corrected chi connectivity index (χ3v) is 6.54. The number of hydrogen-bond donors (Lipinski definition) is 4. The van der Waals surface area contributed by atoms with E-state index < -0.39 is 0 Å². The van der Waals surface area contributed by atoms with E-state index in [0.717, 1.165) is 16.8 Å². The lowest BCUT2D eigenvalue weighted by Crippen LogP contribution is -2.08. The van der Waals surface area contributed by atoms with Crippen LogP contribution in [0.5, 0.6) is 0 Å². The van der Waals surface area contributed by atoms with Crippen LogP contribution in [0.25, 0.3) is 33.5 Å². The lowest BCUT2D eigenvalue weighted by Gasteiger charge is -2.13. The number of benzene rings is 3. The maximum absolute atomic E-state index is 6.45. The molecule has 0 aliphatic heterocycles. The van der Waals surface area contributed by atoms with Crippen molar-refractivity contribution in [3.05, 3.63) is 94.1 Å². The van der Waals surface area contributed by atoms with Crippen molar-refractivity contribution in [1.29, 1.82) is 0 Å². The predicted molar refractivity (Wildman–Crippen MR) is 154 cm³/mol. The monoisotopic (exact) mass is 563 g/mol. The number of hydrogen-bond acceptors (Lipinski definition) is 8. The van der Waals surface area contributed by atoms with Crippen LogP contribution in [0.15, 0.2) is 73.3 Å². The van der Waals surface area contributed by atoms with Gasteiger partial charge in [0.15, 0.2) is 11.5 Å².